The summed E-state index contributed by atoms with van der Waals surface area (Å²) < 4.78 is 0.743. The molecule has 3 rings (SSSR count). The third-order valence-electron chi connectivity index (χ3n) is 3.59. The van der Waals surface area contributed by atoms with Crippen molar-refractivity contribution in [1.29, 1.82) is 0 Å². The van der Waals surface area contributed by atoms with Gasteiger partial charge in [-0.2, -0.15) is 0 Å². The van der Waals surface area contributed by atoms with Crippen LogP contribution in [0.15, 0.2) is 42.5 Å². The minimum Gasteiger partial charge on any atom is -0.507 e. The summed E-state index contributed by atoms with van der Waals surface area (Å²) in [5.74, 6) is 0.0162. The standard InChI is InChI=1S/C16H14INO2/c17-14-6-5-12(9-15(14)19)16(20)18-13-7-10-3-1-2-4-11(10)8-13/h1-6,9,13,19H,7-8H2,(H,18,20). The lowest BCUT2D eigenvalue weighted by molar-refractivity contribution is 0.0938. The number of aromatic hydroxyl groups is 1. The molecule has 0 bridgehead atoms. The maximum atomic E-state index is 12.2. The summed E-state index contributed by atoms with van der Waals surface area (Å²) in [6.07, 6.45) is 1.75. The lowest BCUT2D eigenvalue weighted by Crippen LogP contribution is -2.35. The summed E-state index contributed by atoms with van der Waals surface area (Å²) in [6.45, 7) is 0. The van der Waals surface area contributed by atoms with Crippen molar-refractivity contribution < 1.29 is 9.90 Å². The fourth-order valence-corrected chi connectivity index (χ4v) is 2.92. The number of carbonyl (C=O) groups excluding carboxylic acids is 1. The molecule has 102 valence electrons. The number of phenolic OH excluding ortho intramolecular Hbond substituents is 1. The Morgan fingerprint density at radius 1 is 1.15 bits per heavy atom. The van der Waals surface area contributed by atoms with Crippen molar-refractivity contribution in [2.75, 3.05) is 0 Å². The highest BCUT2D eigenvalue weighted by molar-refractivity contribution is 14.1. The Hall–Kier alpha value is -1.56. The predicted octanol–water partition coefficient (Wildman–Crippen LogP) is 2.89. The second kappa shape index (κ2) is 5.44. The van der Waals surface area contributed by atoms with Gasteiger partial charge in [0.25, 0.3) is 5.91 Å². The van der Waals surface area contributed by atoms with Gasteiger partial charge in [-0.15, -0.1) is 0 Å². The van der Waals surface area contributed by atoms with Gasteiger partial charge in [-0.05, 0) is 64.8 Å². The van der Waals surface area contributed by atoms with Gasteiger partial charge in [-0.3, -0.25) is 4.79 Å². The zero-order valence-corrected chi connectivity index (χ0v) is 12.9. The number of rotatable bonds is 2. The smallest absolute Gasteiger partial charge is 0.251 e. The summed E-state index contributed by atoms with van der Waals surface area (Å²) in [6, 6.07) is 13.4. The Morgan fingerprint density at radius 2 is 1.80 bits per heavy atom. The van der Waals surface area contributed by atoms with Crippen LogP contribution >= 0.6 is 22.6 Å². The highest BCUT2D eigenvalue weighted by Gasteiger charge is 2.22. The van der Waals surface area contributed by atoms with Crippen molar-refractivity contribution in [2.24, 2.45) is 0 Å². The van der Waals surface area contributed by atoms with Gasteiger partial charge < -0.3 is 10.4 Å². The number of hydrogen-bond donors (Lipinski definition) is 2. The van der Waals surface area contributed by atoms with E-state index < -0.39 is 0 Å². The van der Waals surface area contributed by atoms with E-state index in [9.17, 15) is 9.90 Å². The number of carbonyl (C=O) groups is 1. The first-order valence-corrected chi connectivity index (χ1v) is 7.57. The highest BCUT2D eigenvalue weighted by Crippen LogP contribution is 2.23. The van der Waals surface area contributed by atoms with E-state index in [2.05, 4.69) is 17.4 Å². The normalized spacial score (nSPS) is 14.1. The second-order valence-electron chi connectivity index (χ2n) is 5.01. The largest absolute Gasteiger partial charge is 0.507 e. The molecule has 0 saturated heterocycles. The fourth-order valence-electron chi connectivity index (χ4n) is 2.58. The first-order chi connectivity index (χ1) is 9.63. The molecule has 1 aliphatic carbocycles. The van der Waals surface area contributed by atoms with E-state index >= 15 is 0 Å². The molecule has 2 aromatic carbocycles. The number of amides is 1. The molecule has 4 heteroatoms. The molecule has 20 heavy (non-hydrogen) atoms. The van der Waals surface area contributed by atoms with E-state index in [1.807, 2.05) is 34.7 Å². The molecule has 0 unspecified atom stereocenters. The molecular formula is C16H14INO2. The summed E-state index contributed by atoms with van der Waals surface area (Å²) in [7, 11) is 0. The third kappa shape index (κ3) is 2.65. The van der Waals surface area contributed by atoms with Crippen molar-refractivity contribution in [3.05, 3.63) is 62.7 Å². The van der Waals surface area contributed by atoms with Crippen molar-refractivity contribution in [3.8, 4) is 5.75 Å². The van der Waals surface area contributed by atoms with E-state index in [-0.39, 0.29) is 17.7 Å². The molecule has 0 spiro atoms. The molecule has 0 atom stereocenters. The van der Waals surface area contributed by atoms with Crippen LogP contribution in [0.25, 0.3) is 0 Å². The molecule has 0 heterocycles. The number of fused-ring (bicyclic) bond motifs is 1. The van der Waals surface area contributed by atoms with E-state index in [1.165, 1.54) is 17.2 Å². The quantitative estimate of drug-likeness (QED) is 0.789. The average Bonchev–Trinajstić information content (AvgIpc) is 2.83. The van der Waals surface area contributed by atoms with Crippen LogP contribution in [-0.2, 0) is 12.8 Å². The molecule has 1 aliphatic rings. The summed E-state index contributed by atoms with van der Waals surface area (Å²) >= 11 is 2.03. The van der Waals surface area contributed by atoms with E-state index in [1.54, 1.807) is 12.1 Å². The average molecular weight is 379 g/mol. The van der Waals surface area contributed by atoms with E-state index in [0.717, 1.165) is 16.4 Å². The Kier molecular flexibility index (Phi) is 3.65. The molecular weight excluding hydrogens is 365 g/mol. The van der Waals surface area contributed by atoms with Crippen LogP contribution in [0.4, 0.5) is 0 Å². The van der Waals surface area contributed by atoms with E-state index in [4.69, 9.17) is 0 Å². The van der Waals surface area contributed by atoms with Crippen molar-refractivity contribution in [2.45, 2.75) is 18.9 Å². The molecule has 0 aromatic heterocycles. The van der Waals surface area contributed by atoms with Crippen LogP contribution in [0.3, 0.4) is 0 Å². The van der Waals surface area contributed by atoms with Crippen LogP contribution in [0.1, 0.15) is 21.5 Å². The van der Waals surface area contributed by atoms with Gasteiger partial charge in [0, 0.05) is 11.6 Å². The minimum atomic E-state index is -0.130. The van der Waals surface area contributed by atoms with Crippen LogP contribution in [-0.4, -0.2) is 17.1 Å². The van der Waals surface area contributed by atoms with Crippen LogP contribution in [0.5, 0.6) is 5.75 Å². The maximum absolute atomic E-state index is 12.2. The molecule has 0 fully saturated rings. The van der Waals surface area contributed by atoms with Gasteiger partial charge >= 0.3 is 0 Å². The number of benzene rings is 2. The molecule has 0 aliphatic heterocycles. The van der Waals surface area contributed by atoms with Crippen LogP contribution < -0.4 is 5.32 Å². The zero-order valence-electron chi connectivity index (χ0n) is 10.8. The number of halogens is 1. The van der Waals surface area contributed by atoms with Crippen LogP contribution in [0.2, 0.25) is 0 Å². The Balaban J connectivity index is 1.70. The van der Waals surface area contributed by atoms with Gasteiger partial charge in [0.2, 0.25) is 0 Å². The van der Waals surface area contributed by atoms with E-state index in [0.29, 0.717) is 5.56 Å². The first kappa shape index (κ1) is 13.4. The molecule has 2 N–H and O–H groups in total. The number of nitrogens with one attached hydrogen (secondary N) is 1. The lowest BCUT2D eigenvalue weighted by atomic mass is 10.1. The molecule has 0 radical (unpaired) electrons. The highest BCUT2D eigenvalue weighted by atomic mass is 127. The fraction of sp³-hybridized carbons (Fsp3) is 0.188. The maximum Gasteiger partial charge on any atom is 0.251 e. The van der Waals surface area contributed by atoms with Gasteiger partial charge in [-0.25, -0.2) is 0 Å². The van der Waals surface area contributed by atoms with Gasteiger partial charge in [-0.1, -0.05) is 24.3 Å². The molecule has 3 nitrogen and oxygen atoms in total. The monoisotopic (exact) mass is 379 g/mol. The number of phenols is 1. The van der Waals surface area contributed by atoms with Crippen molar-refractivity contribution >= 4 is 28.5 Å². The molecule has 2 aromatic rings. The Labute approximate surface area is 131 Å². The molecule has 0 saturated carbocycles. The number of hydrogen-bond acceptors (Lipinski definition) is 2. The summed E-state index contributed by atoms with van der Waals surface area (Å²) in [5, 5.41) is 12.7. The van der Waals surface area contributed by atoms with Gasteiger partial charge in [0.05, 0.1) is 3.57 Å². The van der Waals surface area contributed by atoms with Crippen molar-refractivity contribution in [3.63, 3.8) is 0 Å². The SMILES string of the molecule is O=C(NC1Cc2ccccc2C1)c1ccc(I)c(O)c1. The third-order valence-corrected chi connectivity index (χ3v) is 4.51. The summed E-state index contributed by atoms with van der Waals surface area (Å²) in [4.78, 5) is 12.2. The Bertz CT molecular complexity index is 644. The summed E-state index contributed by atoms with van der Waals surface area (Å²) in [5.41, 5.74) is 3.12. The topological polar surface area (TPSA) is 49.3 Å². The van der Waals surface area contributed by atoms with Gasteiger partial charge in [0.15, 0.2) is 0 Å². The minimum absolute atomic E-state index is 0.130. The predicted molar refractivity (Wildman–Crippen MR) is 85.9 cm³/mol. The van der Waals surface area contributed by atoms with Crippen molar-refractivity contribution in [1.82, 2.24) is 5.32 Å². The first-order valence-electron chi connectivity index (χ1n) is 6.49. The second-order valence-corrected chi connectivity index (χ2v) is 6.18. The zero-order chi connectivity index (χ0) is 14.1. The van der Waals surface area contributed by atoms with Crippen LogP contribution in [0, 0.1) is 3.57 Å². The van der Waals surface area contributed by atoms with Gasteiger partial charge in [0.1, 0.15) is 5.75 Å². The lowest BCUT2D eigenvalue weighted by Gasteiger charge is -2.12. The Morgan fingerprint density at radius 3 is 2.40 bits per heavy atom. The molecule has 1 amide bonds.